The van der Waals surface area contributed by atoms with E-state index in [-0.39, 0.29) is 5.82 Å². The molecule has 0 saturated carbocycles. The topological polar surface area (TPSA) is 33.0 Å². The van der Waals surface area contributed by atoms with E-state index in [2.05, 4.69) is 0 Å². The first kappa shape index (κ1) is 11.0. The standard InChI is InChI=1S/C10H10FNOS/c1-13-2-3-14-10-5-8(7-12)4-9(11)6-10/h4-6H,2-3H2,1H3. The molecule has 2 nitrogen and oxygen atoms in total. The van der Waals surface area contributed by atoms with E-state index in [9.17, 15) is 4.39 Å². The van der Waals surface area contributed by atoms with E-state index in [0.29, 0.717) is 12.2 Å². The lowest BCUT2D eigenvalue weighted by Gasteiger charge is -2.01. The summed E-state index contributed by atoms with van der Waals surface area (Å²) in [6.07, 6.45) is 0. The summed E-state index contributed by atoms with van der Waals surface area (Å²) in [5.41, 5.74) is 0.352. The second-order valence-corrected chi connectivity index (χ2v) is 3.80. The Hall–Kier alpha value is -1.05. The number of benzene rings is 1. The van der Waals surface area contributed by atoms with Crippen molar-refractivity contribution in [3.05, 3.63) is 29.6 Å². The molecule has 0 saturated heterocycles. The fraction of sp³-hybridized carbons (Fsp3) is 0.300. The van der Waals surface area contributed by atoms with Crippen LogP contribution in [0.1, 0.15) is 5.56 Å². The fourth-order valence-corrected chi connectivity index (χ4v) is 1.85. The summed E-state index contributed by atoms with van der Waals surface area (Å²) in [7, 11) is 1.62. The highest BCUT2D eigenvalue weighted by molar-refractivity contribution is 7.99. The number of methoxy groups -OCH3 is 1. The van der Waals surface area contributed by atoms with Crippen LogP contribution in [0, 0.1) is 17.1 Å². The Morgan fingerprint density at radius 3 is 2.93 bits per heavy atom. The lowest BCUT2D eigenvalue weighted by molar-refractivity contribution is 0.218. The van der Waals surface area contributed by atoms with Gasteiger partial charge in [-0.05, 0) is 18.2 Å². The van der Waals surface area contributed by atoms with E-state index in [1.165, 1.54) is 23.9 Å². The smallest absolute Gasteiger partial charge is 0.125 e. The van der Waals surface area contributed by atoms with Crippen LogP contribution in [-0.2, 0) is 4.74 Å². The van der Waals surface area contributed by atoms with Crippen molar-refractivity contribution >= 4 is 11.8 Å². The Balaban J connectivity index is 2.68. The van der Waals surface area contributed by atoms with Gasteiger partial charge in [0.15, 0.2) is 0 Å². The van der Waals surface area contributed by atoms with Crippen molar-refractivity contribution < 1.29 is 9.13 Å². The molecular weight excluding hydrogens is 201 g/mol. The average Bonchev–Trinajstić information content (AvgIpc) is 2.17. The first-order chi connectivity index (χ1) is 6.76. The number of hydrogen-bond donors (Lipinski definition) is 0. The second kappa shape index (κ2) is 5.63. The first-order valence-electron chi connectivity index (χ1n) is 4.08. The van der Waals surface area contributed by atoms with Crippen LogP contribution in [0.15, 0.2) is 23.1 Å². The van der Waals surface area contributed by atoms with Crippen LogP contribution in [-0.4, -0.2) is 19.5 Å². The Kier molecular flexibility index (Phi) is 4.44. The minimum Gasteiger partial charge on any atom is -0.384 e. The van der Waals surface area contributed by atoms with Gasteiger partial charge in [0.1, 0.15) is 5.82 Å². The fourth-order valence-electron chi connectivity index (χ4n) is 0.953. The molecule has 1 aromatic rings. The predicted molar refractivity (Wildman–Crippen MR) is 53.7 cm³/mol. The molecule has 1 rings (SSSR count). The summed E-state index contributed by atoms with van der Waals surface area (Å²) in [6.45, 7) is 0.614. The zero-order valence-corrected chi connectivity index (χ0v) is 8.60. The molecule has 0 atom stereocenters. The quantitative estimate of drug-likeness (QED) is 0.566. The number of halogens is 1. The SMILES string of the molecule is COCCSc1cc(F)cc(C#N)c1. The molecule has 0 aliphatic carbocycles. The van der Waals surface area contributed by atoms with Gasteiger partial charge >= 0.3 is 0 Å². The maximum atomic E-state index is 12.9. The van der Waals surface area contributed by atoms with Crippen LogP contribution in [0.4, 0.5) is 4.39 Å². The molecule has 0 unspecified atom stereocenters. The van der Waals surface area contributed by atoms with Crippen LogP contribution in [0.25, 0.3) is 0 Å². The average molecular weight is 211 g/mol. The maximum Gasteiger partial charge on any atom is 0.125 e. The number of rotatable bonds is 4. The summed E-state index contributed by atoms with van der Waals surface area (Å²) in [5.74, 6) is 0.383. The largest absolute Gasteiger partial charge is 0.384 e. The molecule has 74 valence electrons. The van der Waals surface area contributed by atoms with E-state index in [1.807, 2.05) is 6.07 Å². The van der Waals surface area contributed by atoms with Gasteiger partial charge in [0.25, 0.3) is 0 Å². The van der Waals surface area contributed by atoms with Crippen LogP contribution in [0.5, 0.6) is 0 Å². The Bertz CT molecular complexity index is 348. The Morgan fingerprint density at radius 2 is 2.29 bits per heavy atom. The third-order valence-corrected chi connectivity index (χ3v) is 2.50. The molecule has 0 radical (unpaired) electrons. The van der Waals surface area contributed by atoms with Crippen molar-refractivity contribution in [1.29, 1.82) is 5.26 Å². The molecule has 0 fully saturated rings. The normalized spacial score (nSPS) is 9.79. The van der Waals surface area contributed by atoms with Crippen LogP contribution >= 0.6 is 11.8 Å². The monoisotopic (exact) mass is 211 g/mol. The Morgan fingerprint density at radius 1 is 1.50 bits per heavy atom. The molecule has 4 heteroatoms. The highest BCUT2D eigenvalue weighted by Crippen LogP contribution is 2.20. The van der Waals surface area contributed by atoms with Gasteiger partial charge in [-0.15, -0.1) is 11.8 Å². The van der Waals surface area contributed by atoms with Crippen molar-refractivity contribution in [3.8, 4) is 6.07 Å². The number of nitriles is 1. The van der Waals surface area contributed by atoms with Crippen molar-refractivity contribution in [2.75, 3.05) is 19.5 Å². The van der Waals surface area contributed by atoms with Gasteiger partial charge in [-0.1, -0.05) is 0 Å². The molecule has 0 aliphatic heterocycles. The molecule has 0 amide bonds. The highest BCUT2D eigenvalue weighted by Gasteiger charge is 2.00. The summed E-state index contributed by atoms with van der Waals surface area (Å²) >= 11 is 1.47. The van der Waals surface area contributed by atoms with Crippen molar-refractivity contribution in [1.82, 2.24) is 0 Å². The van der Waals surface area contributed by atoms with Crippen LogP contribution in [0.2, 0.25) is 0 Å². The minimum absolute atomic E-state index is 0.352. The van der Waals surface area contributed by atoms with E-state index in [1.54, 1.807) is 13.2 Å². The molecule has 0 spiro atoms. The molecule has 0 bridgehead atoms. The molecule has 0 aromatic heterocycles. The van der Waals surface area contributed by atoms with Gasteiger partial charge in [-0.2, -0.15) is 5.26 Å². The van der Waals surface area contributed by atoms with E-state index in [0.717, 1.165) is 10.6 Å². The zero-order chi connectivity index (χ0) is 10.4. The van der Waals surface area contributed by atoms with E-state index in [4.69, 9.17) is 10.00 Å². The first-order valence-corrected chi connectivity index (χ1v) is 5.07. The Labute approximate surface area is 86.7 Å². The summed E-state index contributed by atoms with van der Waals surface area (Å²) in [4.78, 5) is 0.763. The molecule has 14 heavy (non-hydrogen) atoms. The molecular formula is C10H10FNOS. The molecule has 1 aromatic carbocycles. The van der Waals surface area contributed by atoms with Crippen molar-refractivity contribution in [3.63, 3.8) is 0 Å². The molecule has 0 heterocycles. The second-order valence-electron chi connectivity index (χ2n) is 2.63. The van der Waals surface area contributed by atoms with Crippen molar-refractivity contribution in [2.24, 2.45) is 0 Å². The lowest BCUT2D eigenvalue weighted by atomic mass is 10.2. The van der Waals surface area contributed by atoms with Crippen LogP contribution < -0.4 is 0 Å². The van der Waals surface area contributed by atoms with Gasteiger partial charge in [0.2, 0.25) is 0 Å². The third-order valence-electron chi connectivity index (χ3n) is 1.56. The number of hydrogen-bond acceptors (Lipinski definition) is 3. The summed E-state index contributed by atoms with van der Waals surface area (Å²) in [6, 6.07) is 6.22. The number of ether oxygens (including phenoxy) is 1. The molecule has 0 N–H and O–H groups in total. The maximum absolute atomic E-state index is 12.9. The van der Waals surface area contributed by atoms with Gasteiger partial charge in [0.05, 0.1) is 18.2 Å². The van der Waals surface area contributed by atoms with E-state index < -0.39 is 0 Å². The van der Waals surface area contributed by atoms with Crippen LogP contribution in [0.3, 0.4) is 0 Å². The van der Waals surface area contributed by atoms with Gasteiger partial charge < -0.3 is 4.74 Å². The lowest BCUT2D eigenvalue weighted by Crippen LogP contribution is -1.91. The number of nitrogens with zero attached hydrogens (tertiary/aromatic N) is 1. The summed E-state index contributed by atoms with van der Waals surface area (Å²) < 4.78 is 17.8. The zero-order valence-electron chi connectivity index (χ0n) is 7.79. The minimum atomic E-state index is -0.371. The predicted octanol–water partition coefficient (Wildman–Crippen LogP) is 2.44. The van der Waals surface area contributed by atoms with Gasteiger partial charge in [-0.3, -0.25) is 0 Å². The highest BCUT2D eigenvalue weighted by atomic mass is 32.2. The van der Waals surface area contributed by atoms with Crippen molar-refractivity contribution in [2.45, 2.75) is 4.90 Å². The van der Waals surface area contributed by atoms with E-state index >= 15 is 0 Å². The van der Waals surface area contributed by atoms with Gasteiger partial charge in [0, 0.05) is 17.8 Å². The number of thioether (sulfide) groups is 1. The molecule has 0 aliphatic rings. The van der Waals surface area contributed by atoms with Gasteiger partial charge in [-0.25, -0.2) is 4.39 Å². The summed E-state index contributed by atoms with van der Waals surface area (Å²) in [5, 5.41) is 8.61. The third kappa shape index (κ3) is 3.36.